The summed E-state index contributed by atoms with van der Waals surface area (Å²) in [6, 6.07) is 14.9. The Balaban J connectivity index is 1.53. The molecule has 0 radical (unpaired) electrons. The van der Waals surface area contributed by atoms with Crippen LogP contribution in [0.2, 0.25) is 0 Å². The molecule has 0 unspecified atom stereocenters. The van der Waals surface area contributed by atoms with Crippen LogP contribution in [-0.2, 0) is 24.2 Å². The molecule has 1 amide bonds. The number of likely N-dealkylation sites (N-methyl/N-ethyl adjacent to an activating group) is 1. The van der Waals surface area contributed by atoms with Crippen molar-refractivity contribution in [2.45, 2.75) is 25.4 Å². The van der Waals surface area contributed by atoms with Crippen molar-refractivity contribution in [3.05, 3.63) is 70.8 Å². The molecule has 3 rings (SSSR count). The summed E-state index contributed by atoms with van der Waals surface area (Å²) >= 11 is 0. The number of aromatic carboxylic acids is 1. The van der Waals surface area contributed by atoms with Crippen molar-refractivity contribution in [1.29, 1.82) is 0 Å². The van der Waals surface area contributed by atoms with Crippen molar-refractivity contribution in [3.8, 4) is 0 Å². The van der Waals surface area contributed by atoms with Crippen LogP contribution < -0.4 is 5.32 Å². The second kappa shape index (κ2) is 7.49. The van der Waals surface area contributed by atoms with E-state index in [9.17, 15) is 9.59 Å². The fraction of sp³-hybridized carbons (Fsp3) is 0.300. The lowest BCUT2D eigenvalue weighted by atomic mass is 9.94. The SMILES string of the molecule is CN1Cc2ccccc2C[C@@H]1C(=O)NCCc1ccc(C(=O)O)cc1. The predicted molar refractivity (Wildman–Crippen MR) is 95.5 cm³/mol. The third-order valence-corrected chi connectivity index (χ3v) is 4.70. The molecule has 2 aromatic carbocycles. The summed E-state index contributed by atoms with van der Waals surface area (Å²) in [6.45, 7) is 1.32. The van der Waals surface area contributed by atoms with Gasteiger partial charge >= 0.3 is 5.97 Å². The minimum absolute atomic E-state index is 0.0409. The van der Waals surface area contributed by atoms with Gasteiger partial charge in [-0.15, -0.1) is 0 Å². The third kappa shape index (κ3) is 4.06. The molecule has 0 bridgehead atoms. The van der Waals surface area contributed by atoms with Gasteiger partial charge in [0.1, 0.15) is 0 Å². The van der Waals surface area contributed by atoms with Gasteiger partial charge in [0.2, 0.25) is 5.91 Å². The number of carbonyl (C=O) groups excluding carboxylic acids is 1. The lowest BCUT2D eigenvalue weighted by Crippen LogP contribution is -2.48. The molecule has 1 aliphatic heterocycles. The predicted octanol–water partition coefficient (Wildman–Crippen LogP) is 2.10. The van der Waals surface area contributed by atoms with E-state index in [1.807, 2.05) is 19.2 Å². The van der Waals surface area contributed by atoms with E-state index in [4.69, 9.17) is 5.11 Å². The minimum Gasteiger partial charge on any atom is -0.478 e. The van der Waals surface area contributed by atoms with Crippen molar-refractivity contribution >= 4 is 11.9 Å². The number of carboxylic acid groups (broad SMARTS) is 1. The molecular weight excluding hydrogens is 316 g/mol. The summed E-state index contributed by atoms with van der Waals surface area (Å²) in [6.07, 6.45) is 1.41. The number of nitrogens with zero attached hydrogens (tertiary/aromatic N) is 1. The van der Waals surface area contributed by atoms with Crippen molar-refractivity contribution in [2.75, 3.05) is 13.6 Å². The van der Waals surface area contributed by atoms with Crippen LogP contribution in [-0.4, -0.2) is 41.5 Å². The molecule has 0 saturated carbocycles. The number of fused-ring (bicyclic) bond motifs is 1. The molecule has 1 heterocycles. The molecule has 1 atom stereocenters. The minimum atomic E-state index is -0.930. The normalized spacial score (nSPS) is 16.9. The molecule has 1 aliphatic rings. The highest BCUT2D eigenvalue weighted by Gasteiger charge is 2.28. The van der Waals surface area contributed by atoms with E-state index in [2.05, 4.69) is 22.3 Å². The quantitative estimate of drug-likeness (QED) is 0.876. The fourth-order valence-corrected chi connectivity index (χ4v) is 3.21. The maximum atomic E-state index is 12.5. The smallest absolute Gasteiger partial charge is 0.335 e. The van der Waals surface area contributed by atoms with E-state index in [1.54, 1.807) is 24.3 Å². The maximum Gasteiger partial charge on any atom is 0.335 e. The van der Waals surface area contributed by atoms with Gasteiger partial charge in [0.25, 0.3) is 0 Å². The van der Waals surface area contributed by atoms with E-state index in [1.165, 1.54) is 11.1 Å². The summed E-state index contributed by atoms with van der Waals surface area (Å²) in [5.41, 5.74) is 3.81. The van der Waals surface area contributed by atoms with Crippen LogP contribution in [0.5, 0.6) is 0 Å². The van der Waals surface area contributed by atoms with Gasteiger partial charge in [-0.1, -0.05) is 36.4 Å². The Hall–Kier alpha value is -2.66. The molecule has 0 spiro atoms. The Morgan fingerprint density at radius 1 is 1.12 bits per heavy atom. The van der Waals surface area contributed by atoms with E-state index < -0.39 is 5.97 Å². The van der Waals surface area contributed by atoms with Gasteiger partial charge in [0.05, 0.1) is 11.6 Å². The van der Waals surface area contributed by atoms with Crippen molar-refractivity contribution < 1.29 is 14.7 Å². The first-order valence-corrected chi connectivity index (χ1v) is 8.41. The van der Waals surface area contributed by atoms with Crippen LogP contribution in [0.25, 0.3) is 0 Å². The van der Waals surface area contributed by atoms with Gasteiger partial charge in [-0.25, -0.2) is 4.79 Å². The van der Waals surface area contributed by atoms with Crippen LogP contribution in [0.3, 0.4) is 0 Å². The molecule has 0 aliphatic carbocycles. The topological polar surface area (TPSA) is 69.6 Å². The highest BCUT2D eigenvalue weighted by Crippen LogP contribution is 2.21. The number of amides is 1. The zero-order valence-corrected chi connectivity index (χ0v) is 14.2. The number of benzene rings is 2. The molecule has 5 nitrogen and oxygen atoms in total. The van der Waals surface area contributed by atoms with Crippen LogP contribution in [0.15, 0.2) is 48.5 Å². The number of carboxylic acids is 1. The standard InChI is InChI=1S/C20H22N2O3/c1-22-13-17-5-3-2-4-16(17)12-18(22)19(23)21-11-10-14-6-8-15(9-7-14)20(24)25/h2-9,18H,10-13H2,1H3,(H,21,23)(H,24,25)/t18-/m1/s1. The highest BCUT2D eigenvalue weighted by molar-refractivity contribution is 5.87. The van der Waals surface area contributed by atoms with E-state index >= 15 is 0 Å². The summed E-state index contributed by atoms with van der Waals surface area (Å²) in [7, 11) is 1.98. The average Bonchev–Trinajstić information content (AvgIpc) is 2.61. The Bertz CT molecular complexity index is 771. The molecule has 0 saturated heterocycles. The van der Waals surface area contributed by atoms with Gasteiger partial charge in [-0.2, -0.15) is 0 Å². The first-order valence-electron chi connectivity index (χ1n) is 8.41. The van der Waals surface area contributed by atoms with E-state index in [-0.39, 0.29) is 17.5 Å². The summed E-state index contributed by atoms with van der Waals surface area (Å²) in [5, 5.41) is 11.9. The number of nitrogens with one attached hydrogen (secondary N) is 1. The van der Waals surface area contributed by atoms with Crippen molar-refractivity contribution in [3.63, 3.8) is 0 Å². The molecule has 130 valence electrons. The Morgan fingerprint density at radius 3 is 2.48 bits per heavy atom. The summed E-state index contributed by atoms with van der Waals surface area (Å²) in [4.78, 5) is 25.5. The average molecular weight is 338 g/mol. The molecule has 2 N–H and O–H groups in total. The largest absolute Gasteiger partial charge is 0.478 e. The van der Waals surface area contributed by atoms with Gasteiger partial charge in [-0.05, 0) is 48.7 Å². The number of hydrogen-bond acceptors (Lipinski definition) is 3. The van der Waals surface area contributed by atoms with E-state index in [0.717, 1.165) is 18.5 Å². The lowest BCUT2D eigenvalue weighted by molar-refractivity contribution is -0.126. The number of rotatable bonds is 5. The van der Waals surface area contributed by atoms with Crippen LogP contribution in [0, 0.1) is 0 Å². The summed E-state index contributed by atoms with van der Waals surface area (Å²) < 4.78 is 0. The first-order chi connectivity index (χ1) is 12.0. The Labute approximate surface area is 147 Å². The van der Waals surface area contributed by atoms with Crippen LogP contribution >= 0.6 is 0 Å². The Kier molecular flexibility index (Phi) is 5.14. The van der Waals surface area contributed by atoms with Gasteiger partial charge in [0.15, 0.2) is 0 Å². The monoisotopic (exact) mass is 338 g/mol. The lowest BCUT2D eigenvalue weighted by Gasteiger charge is -2.33. The molecule has 0 fully saturated rings. The van der Waals surface area contributed by atoms with Gasteiger partial charge in [-0.3, -0.25) is 9.69 Å². The van der Waals surface area contributed by atoms with Crippen molar-refractivity contribution in [2.24, 2.45) is 0 Å². The van der Waals surface area contributed by atoms with Crippen LogP contribution in [0.1, 0.15) is 27.0 Å². The van der Waals surface area contributed by atoms with Crippen molar-refractivity contribution in [1.82, 2.24) is 10.2 Å². The molecule has 2 aromatic rings. The number of carbonyl (C=O) groups is 2. The van der Waals surface area contributed by atoms with E-state index in [0.29, 0.717) is 13.0 Å². The Morgan fingerprint density at radius 2 is 1.80 bits per heavy atom. The molecule has 25 heavy (non-hydrogen) atoms. The first kappa shape index (κ1) is 17.2. The molecule has 5 heteroatoms. The zero-order chi connectivity index (χ0) is 17.8. The number of hydrogen-bond donors (Lipinski definition) is 2. The van der Waals surface area contributed by atoms with Crippen LogP contribution in [0.4, 0.5) is 0 Å². The zero-order valence-electron chi connectivity index (χ0n) is 14.2. The fourth-order valence-electron chi connectivity index (χ4n) is 3.21. The van der Waals surface area contributed by atoms with Gasteiger partial charge in [0, 0.05) is 13.1 Å². The van der Waals surface area contributed by atoms with Gasteiger partial charge < -0.3 is 10.4 Å². The maximum absolute atomic E-state index is 12.5. The highest BCUT2D eigenvalue weighted by atomic mass is 16.4. The second-order valence-corrected chi connectivity index (χ2v) is 6.45. The molecule has 0 aromatic heterocycles. The summed E-state index contributed by atoms with van der Waals surface area (Å²) in [5.74, 6) is -0.889. The second-order valence-electron chi connectivity index (χ2n) is 6.45. The molecular formula is C20H22N2O3. The third-order valence-electron chi connectivity index (χ3n) is 4.70.